The van der Waals surface area contributed by atoms with Crippen molar-refractivity contribution in [2.45, 2.75) is 0 Å². The second kappa shape index (κ2) is 6.63. The number of aromatic hydroxyl groups is 1. The first kappa shape index (κ1) is 15.9. The van der Waals surface area contributed by atoms with Crippen molar-refractivity contribution in [1.29, 1.82) is 0 Å². The summed E-state index contributed by atoms with van der Waals surface area (Å²) in [6.07, 6.45) is 1.44. The highest BCUT2D eigenvalue weighted by atomic mass is 32.1. The molecule has 0 saturated heterocycles. The third kappa shape index (κ3) is 3.04. The molecule has 6 nitrogen and oxygen atoms in total. The van der Waals surface area contributed by atoms with Crippen molar-refractivity contribution in [1.82, 2.24) is 14.9 Å². The van der Waals surface area contributed by atoms with E-state index in [1.165, 1.54) is 30.1 Å². The minimum absolute atomic E-state index is 0.0258. The fourth-order valence-electron chi connectivity index (χ4n) is 2.11. The molecule has 1 heterocycles. The maximum Gasteiger partial charge on any atom is 0.216 e. The first-order valence-corrected chi connectivity index (χ1v) is 7.34. The van der Waals surface area contributed by atoms with E-state index in [-0.39, 0.29) is 16.3 Å². The molecule has 0 atom stereocenters. The summed E-state index contributed by atoms with van der Waals surface area (Å²) < 4.78 is 19.8. The fourth-order valence-corrected chi connectivity index (χ4v) is 2.29. The summed E-state index contributed by atoms with van der Waals surface area (Å²) in [4.78, 5) is 0. The van der Waals surface area contributed by atoms with Crippen LogP contribution in [0.25, 0.3) is 11.4 Å². The van der Waals surface area contributed by atoms with Gasteiger partial charge in [-0.05, 0) is 48.6 Å². The number of rotatable bonds is 4. The number of methoxy groups -OCH3 is 1. The molecule has 0 fully saturated rings. The fraction of sp³-hybridized carbons (Fsp3) is 0.0625. The molecule has 0 unspecified atom stereocenters. The van der Waals surface area contributed by atoms with Crippen molar-refractivity contribution in [2.24, 2.45) is 5.10 Å². The number of nitrogens with zero attached hydrogens (tertiary/aromatic N) is 3. The summed E-state index contributed by atoms with van der Waals surface area (Å²) >= 11 is 5.17. The molecule has 2 N–H and O–H groups in total. The van der Waals surface area contributed by atoms with Gasteiger partial charge in [0.1, 0.15) is 5.82 Å². The van der Waals surface area contributed by atoms with Crippen molar-refractivity contribution in [3.05, 3.63) is 58.6 Å². The zero-order chi connectivity index (χ0) is 17.1. The van der Waals surface area contributed by atoms with E-state index in [0.717, 1.165) is 0 Å². The summed E-state index contributed by atoms with van der Waals surface area (Å²) in [5, 5.41) is 21.1. The highest BCUT2D eigenvalue weighted by molar-refractivity contribution is 7.71. The lowest BCUT2D eigenvalue weighted by atomic mass is 10.2. The Morgan fingerprint density at radius 1 is 1.29 bits per heavy atom. The molecular weight excluding hydrogens is 331 g/mol. The van der Waals surface area contributed by atoms with Crippen LogP contribution >= 0.6 is 12.2 Å². The van der Waals surface area contributed by atoms with Gasteiger partial charge < -0.3 is 9.84 Å². The summed E-state index contributed by atoms with van der Waals surface area (Å²) in [6.45, 7) is 0. The summed E-state index contributed by atoms with van der Waals surface area (Å²) in [7, 11) is 1.47. The van der Waals surface area contributed by atoms with E-state index in [9.17, 15) is 9.50 Å². The minimum Gasteiger partial charge on any atom is -0.504 e. The van der Waals surface area contributed by atoms with Gasteiger partial charge in [0.2, 0.25) is 4.77 Å². The van der Waals surface area contributed by atoms with Crippen LogP contribution in [0.4, 0.5) is 4.39 Å². The first-order chi connectivity index (χ1) is 11.6. The van der Waals surface area contributed by atoms with E-state index >= 15 is 0 Å². The van der Waals surface area contributed by atoms with Gasteiger partial charge in [0, 0.05) is 11.1 Å². The highest BCUT2D eigenvalue weighted by Gasteiger charge is 2.09. The number of H-pyrrole nitrogens is 1. The lowest BCUT2D eigenvalue weighted by Crippen LogP contribution is -1.96. The van der Waals surface area contributed by atoms with Gasteiger partial charge in [-0.3, -0.25) is 0 Å². The molecule has 1 aromatic heterocycles. The van der Waals surface area contributed by atoms with E-state index in [1.807, 2.05) is 0 Å². The van der Waals surface area contributed by atoms with Crippen LogP contribution in [0.2, 0.25) is 0 Å². The molecule has 0 bridgehead atoms. The Bertz CT molecular complexity index is 947. The molecule has 0 amide bonds. The van der Waals surface area contributed by atoms with Gasteiger partial charge in [0.25, 0.3) is 0 Å². The van der Waals surface area contributed by atoms with E-state index < -0.39 is 0 Å². The third-order valence-electron chi connectivity index (χ3n) is 3.32. The van der Waals surface area contributed by atoms with Crippen molar-refractivity contribution < 1.29 is 14.2 Å². The van der Waals surface area contributed by atoms with E-state index in [1.54, 1.807) is 30.3 Å². The van der Waals surface area contributed by atoms with Crippen molar-refractivity contribution >= 4 is 18.4 Å². The molecule has 0 saturated carbocycles. The number of nitrogens with one attached hydrogen (secondary N) is 1. The molecule has 0 spiro atoms. The smallest absolute Gasteiger partial charge is 0.216 e. The maximum atomic E-state index is 13.1. The summed E-state index contributed by atoms with van der Waals surface area (Å²) in [5.74, 6) is 0.401. The van der Waals surface area contributed by atoms with Crippen LogP contribution in [0.5, 0.6) is 11.5 Å². The predicted octanol–water partition coefficient (Wildman–Crippen LogP) is 3.34. The van der Waals surface area contributed by atoms with Gasteiger partial charge in [-0.25, -0.2) is 9.49 Å². The molecule has 0 aliphatic heterocycles. The van der Waals surface area contributed by atoms with Crippen LogP contribution in [0.15, 0.2) is 47.6 Å². The number of hydrogen-bond acceptors (Lipinski definition) is 5. The Labute approximate surface area is 141 Å². The lowest BCUT2D eigenvalue weighted by Gasteiger charge is -2.05. The van der Waals surface area contributed by atoms with E-state index in [0.29, 0.717) is 22.7 Å². The van der Waals surface area contributed by atoms with Crippen molar-refractivity contribution in [3.8, 4) is 22.9 Å². The Balaban J connectivity index is 2.01. The second-order valence-corrected chi connectivity index (χ2v) is 5.20. The van der Waals surface area contributed by atoms with Gasteiger partial charge in [-0.2, -0.15) is 14.9 Å². The molecule has 2 aromatic carbocycles. The SMILES string of the molecule is COc1cccc(/C=N/n2c(-c3ccc(F)cc3)n[nH]c2=S)c1O. The topological polar surface area (TPSA) is 75.4 Å². The standard InChI is InChI=1S/C16H13FN4O2S/c1-23-13-4-2-3-11(14(13)22)9-18-21-15(19-20-16(21)24)10-5-7-12(17)8-6-10/h2-9,22H,1H3,(H,20,24)/b18-9+. The number of aromatic amines is 1. The normalized spacial score (nSPS) is 11.1. The van der Waals surface area contributed by atoms with E-state index in [4.69, 9.17) is 17.0 Å². The number of phenolic OH excluding ortho intramolecular Hbond substituents is 1. The first-order valence-electron chi connectivity index (χ1n) is 6.94. The minimum atomic E-state index is -0.343. The maximum absolute atomic E-state index is 13.1. The van der Waals surface area contributed by atoms with Crippen LogP contribution in [0.3, 0.4) is 0 Å². The highest BCUT2D eigenvalue weighted by Crippen LogP contribution is 2.28. The molecule has 122 valence electrons. The van der Waals surface area contributed by atoms with Crippen LogP contribution in [0, 0.1) is 10.6 Å². The molecule has 0 aliphatic carbocycles. The predicted molar refractivity (Wildman–Crippen MR) is 90.5 cm³/mol. The van der Waals surface area contributed by atoms with Crippen LogP contribution in [-0.2, 0) is 0 Å². The zero-order valence-electron chi connectivity index (χ0n) is 12.6. The van der Waals surface area contributed by atoms with Crippen molar-refractivity contribution in [2.75, 3.05) is 7.11 Å². The number of halogens is 1. The molecular formula is C16H13FN4O2S. The molecule has 24 heavy (non-hydrogen) atoms. The number of ether oxygens (including phenoxy) is 1. The van der Waals surface area contributed by atoms with Gasteiger partial charge in [-0.15, -0.1) is 0 Å². The Morgan fingerprint density at radius 2 is 2.04 bits per heavy atom. The van der Waals surface area contributed by atoms with Crippen LogP contribution in [-0.4, -0.2) is 33.3 Å². The third-order valence-corrected chi connectivity index (χ3v) is 3.58. The van der Waals surface area contributed by atoms with Crippen molar-refractivity contribution in [3.63, 3.8) is 0 Å². The number of phenols is 1. The molecule has 3 rings (SSSR count). The Hall–Kier alpha value is -3.00. The van der Waals surface area contributed by atoms with Gasteiger partial charge in [0.15, 0.2) is 17.3 Å². The number of para-hydroxylation sites is 1. The summed E-state index contributed by atoms with van der Waals surface area (Å²) in [6, 6.07) is 10.9. The average molecular weight is 344 g/mol. The Morgan fingerprint density at radius 3 is 2.75 bits per heavy atom. The van der Waals surface area contributed by atoms with Gasteiger partial charge >= 0.3 is 0 Å². The Kier molecular flexibility index (Phi) is 4.39. The number of hydrogen-bond donors (Lipinski definition) is 2. The average Bonchev–Trinajstić information content (AvgIpc) is 2.95. The lowest BCUT2D eigenvalue weighted by molar-refractivity contribution is 0.373. The van der Waals surface area contributed by atoms with Gasteiger partial charge in [0.05, 0.1) is 13.3 Å². The quantitative estimate of drug-likeness (QED) is 0.562. The van der Waals surface area contributed by atoms with Gasteiger partial charge in [-0.1, -0.05) is 6.07 Å². The second-order valence-electron chi connectivity index (χ2n) is 4.81. The number of aromatic nitrogens is 3. The largest absolute Gasteiger partial charge is 0.504 e. The molecule has 3 aromatic rings. The van der Waals surface area contributed by atoms with E-state index in [2.05, 4.69) is 15.3 Å². The monoisotopic (exact) mass is 344 g/mol. The number of benzene rings is 2. The summed E-state index contributed by atoms with van der Waals surface area (Å²) in [5.41, 5.74) is 1.11. The van der Waals surface area contributed by atoms with Crippen LogP contribution < -0.4 is 4.74 Å². The molecule has 0 aliphatic rings. The molecule has 0 radical (unpaired) electrons. The van der Waals surface area contributed by atoms with Crippen LogP contribution in [0.1, 0.15) is 5.56 Å². The molecule has 8 heteroatoms. The zero-order valence-corrected chi connectivity index (χ0v) is 13.4.